The third-order valence-corrected chi connectivity index (χ3v) is 2.72. The van der Waals surface area contributed by atoms with Crippen molar-refractivity contribution >= 4 is 0 Å². The fraction of sp³-hybridized carbons (Fsp3) is 0.200. The molecule has 0 aliphatic heterocycles. The highest BCUT2D eigenvalue weighted by Crippen LogP contribution is 2.36. The average Bonchev–Trinajstić information content (AvgIpc) is 2.45. The predicted molar refractivity (Wildman–Crippen MR) is 73.1 cm³/mol. The van der Waals surface area contributed by atoms with E-state index in [0.29, 0.717) is 5.56 Å². The van der Waals surface area contributed by atoms with E-state index in [1.807, 2.05) is 0 Å². The van der Waals surface area contributed by atoms with Gasteiger partial charge in [0.2, 0.25) is 0 Å². The molecule has 0 saturated heterocycles. The topological polar surface area (TPSA) is 44.5 Å². The second kappa shape index (κ2) is 6.65. The number of nitrogens with two attached hydrogens (primary N) is 1. The Kier molecular flexibility index (Phi) is 4.87. The Hall–Kier alpha value is -2.28. The summed E-state index contributed by atoms with van der Waals surface area (Å²) in [6.07, 6.45) is -4.85. The van der Waals surface area contributed by atoms with Crippen molar-refractivity contribution in [3.05, 3.63) is 48.3 Å². The first-order valence-electron chi connectivity index (χ1n) is 6.37. The maximum Gasteiger partial charge on any atom is 0.573 e. The van der Waals surface area contributed by atoms with Crippen molar-refractivity contribution < 1.29 is 27.0 Å². The molecule has 0 saturated carbocycles. The second-order valence-corrected chi connectivity index (χ2v) is 4.35. The number of benzene rings is 2. The van der Waals surface area contributed by atoms with Crippen molar-refractivity contribution in [2.45, 2.75) is 6.36 Å². The van der Waals surface area contributed by atoms with E-state index in [1.165, 1.54) is 24.3 Å². The highest BCUT2D eigenvalue weighted by atomic mass is 19.4. The van der Waals surface area contributed by atoms with E-state index in [2.05, 4.69) is 4.74 Å². The molecule has 0 aromatic heterocycles. The molecule has 22 heavy (non-hydrogen) atoms. The minimum Gasteiger partial charge on any atom is -0.492 e. The molecule has 7 heteroatoms. The zero-order valence-corrected chi connectivity index (χ0v) is 11.4. The minimum absolute atomic E-state index is 0.168. The quantitative estimate of drug-likeness (QED) is 0.855. The number of alkyl halides is 3. The largest absolute Gasteiger partial charge is 0.573 e. The SMILES string of the molecule is NCCOc1ccc(-c2ccc(F)cc2)c(OC(F)(F)F)c1. The molecule has 0 aliphatic rings. The summed E-state index contributed by atoms with van der Waals surface area (Å²) in [5.74, 6) is -0.700. The maximum absolute atomic E-state index is 12.9. The van der Waals surface area contributed by atoms with Gasteiger partial charge in [-0.3, -0.25) is 0 Å². The average molecular weight is 315 g/mol. The molecule has 2 aromatic rings. The Balaban J connectivity index is 2.40. The maximum atomic E-state index is 12.9. The lowest BCUT2D eigenvalue weighted by molar-refractivity contribution is -0.274. The first-order chi connectivity index (χ1) is 10.4. The summed E-state index contributed by atoms with van der Waals surface area (Å²) in [6.45, 7) is 0.399. The monoisotopic (exact) mass is 315 g/mol. The summed E-state index contributed by atoms with van der Waals surface area (Å²) in [5.41, 5.74) is 5.85. The lowest BCUT2D eigenvalue weighted by Crippen LogP contribution is -2.18. The van der Waals surface area contributed by atoms with Crippen molar-refractivity contribution in [2.75, 3.05) is 13.2 Å². The van der Waals surface area contributed by atoms with Gasteiger partial charge in [0.25, 0.3) is 0 Å². The number of hydrogen-bond donors (Lipinski definition) is 1. The molecule has 0 heterocycles. The smallest absolute Gasteiger partial charge is 0.492 e. The minimum atomic E-state index is -4.85. The zero-order valence-electron chi connectivity index (χ0n) is 11.4. The zero-order chi connectivity index (χ0) is 16.2. The van der Waals surface area contributed by atoms with Crippen molar-refractivity contribution in [1.82, 2.24) is 0 Å². The van der Waals surface area contributed by atoms with E-state index in [0.717, 1.165) is 18.2 Å². The third-order valence-electron chi connectivity index (χ3n) is 2.72. The first-order valence-corrected chi connectivity index (χ1v) is 6.37. The van der Waals surface area contributed by atoms with E-state index >= 15 is 0 Å². The summed E-state index contributed by atoms with van der Waals surface area (Å²) in [4.78, 5) is 0. The molecule has 118 valence electrons. The Morgan fingerprint density at radius 3 is 2.27 bits per heavy atom. The van der Waals surface area contributed by atoms with E-state index in [9.17, 15) is 17.6 Å². The molecule has 2 aromatic carbocycles. The van der Waals surface area contributed by atoms with Crippen LogP contribution in [0.1, 0.15) is 0 Å². The van der Waals surface area contributed by atoms with Crippen LogP contribution in [0.2, 0.25) is 0 Å². The van der Waals surface area contributed by atoms with Crippen molar-refractivity contribution in [2.24, 2.45) is 5.73 Å². The van der Waals surface area contributed by atoms with Crippen molar-refractivity contribution in [1.29, 1.82) is 0 Å². The number of halogens is 4. The van der Waals surface area contributed by atoms with Gasteiger partial charge in [0.05, 0.1) is 0 Å². The fourth-order valence-corrected chi connectivity index (χ4v) is 1.85. The lowest BCUT2D eigenvalue weighted by atomic mass is 10.0. The van der Waals surface area contributed by atoms with Crippen molar-refractivity contribution in [3.63, 3.8) is 0 Å². The van der Waals surface area contributed by atoms with Gasteiger partial charge in [-0.1, -0.05) is 12.1 Å². The molecule has 0 fully saturated rings. The Morgan fingerprint density at radius 1 is 1.00 bits per heavy atom. The van der Waals surface area contributed by atoms with Gasteiger partial charge in [-0.05, 0) is 29.8 Å². The molecule has 0 bridgehead atoms. The van der Waals surface area contributed by atoms with Crippen LogP contribution in [0.3, 0.4) is 0 Å². The molecule has 0 unspecified atom stereocenters. The van der Waals surface area contributed by atoms with Crippen molar-refractivity contribution in [3.8, 4) is 22.6 Å². The summed E-state index contributed by atoms with van der Waals surface area (Å²) in [5, 5.41) is 0. The highest BCUT2D eigenvalue weighted by molar-refractivity contribution is 5.71. The van der Waals surface area contributed by atoms with Crippen LogP contribution in [0.5, 0.6) is 11.5 Å². The Labute approximate surface area is 124 Å². The van der Waals surface area contributed by atoms with Crippen LogP contribution in [-0.2, 0) is 0 Å². The normalized spacial score (nSPS) is 11.3. The summed E-state index contributed by atoms with van der Waals surface area (Å²) in [7, 11) is 0. The van der Waals surface area contributed by atoms with Gasteiger partial charge in [0.15, 0.2) is 0 Å². The summed E-state index contributed by atoms with van der Waals surface area (Å²) < 4.78 is 59.8. The molecule has 2 rings (SSSR count). The summed E-state index contributed by atoms with van der Waals surface area (Å²) >= 11 is 0. The van der Waals surface area contributed by atoms with Crippen LogP contribution in [-0.4, -0.2) is 19.5 Å². The first kappa shape index (κ1) is 16.1. The molecule has 0 aliphatic carbocycles. The lowest BCUT2D eigenvalue weighted by Gasteiger charge is -2.15. The number of hydrogen-bond acceptors (Lipinski definition) is 3. The van der Waals surface area contributed by atoms with E-state index < -0.39 is 17.9 Å². The van der Waals surface area contributed by atoms with E-state index in [4.69, 9.17) is 10.5 Å². The second-order valence-electron chi connectivity index (χ2n) is 4.35. The van der Waals surface area contributed by atoms with Gasteiger partial charge in [0.1, 0.15) is 23.9 Å². The van der Waals surface area contributed by atoms with Crippen LogP contribution in [0.25, 0.3) is 11.1 Å². The third kappa shape index (κ3) is 4.36. The van der Waals surface area contributed by atoms with Crippen LogP contribution < -0.4 is 15.2 Å². The standard InChI is InChI=1S/C15H13F4NO2/c16-11-3-1-10(2-4-11)13-6-5-12(21-8-7-20)9-14(13)22-15(17,18)19/h1-6,9H,7-8,20H2. The molecular weight excluding hydrogens is 302 g/mol. The highest BCUT2D eigenvalue weighted by Gasteiger charge is 2.32. The number of rotatable bonds is 5. The van der Waals surface area contributed by atoms with Crippen LogP contribution >= 0.6 is 0 Å². The number of ether oxygens (including phenoxy) is 2. The fourth-order valence-electron chi connectivity index (χ4n) is 1.85. The molecule has 0 radical (unpaired) electrons. The van der Waals surface area contributed by atoms with Gasteiger partial charge < -0.3 is 15.2 Å². The van der Waals surface area contributed by atoms with Crippen LogP contribution in [0.15, 0.2) is 42.5 Å². The molecule has 0 amide bonds. The van der Waals surface area contributed by atoms with Gasteiger partial charge >= 0.3 is 6.36 Å². The van der Waals surface area contributed by atoms with Gasteiger partial charge in [-0.2, -0.15) is 0 Å². The Bertz CT molecular complexity index is 626. The van der Waals surface area contributed by atoms with Crippen LogP contribution in [0.4, 0.5) is 17.6 Å². The predicted octanol–water partition coefficient (Wildman–Crippen LogP) is 3.73. The van der Waals surface area contributed by atoms with Gasteiger partial charge in [0, 0.05) is 18.2 Å². The summed E-state index contributed by atoms with van der Waals surface area (Å²) in [6, 6.07) is 9.10. The van der Waals surface area contributed by atoms with Gasteiger partial charge in [-0.15, -0.1) is 13.2 Å². The van der Waals surface area contributed by atoms with E-state index in [1.54, 1.807) is 0 Å². The van der Waals surface area contributed by atoms with E-state index in [-0.39, 0.29) is 24.5 Å². The molecular formula is C15H13F4NO2. The Morgan fingerprint density at radius 2 is 1.68 bits per heavy atom. The molecule has 2 N–H and O–H groups in total. The van der Waals surface area contributed by atoms with Crippen LogP contribution in [0, 0.1) is 5.82 Å². The van der Waals surface area contributed by atoms with Gasteiger partial charge in [-0.25, -0.2) is 4.39 Å². The molecule has 0 atom stereocenters. The molecule has 3 nitrogen and oxygen atoms in total. The molecule has 0 spiro atoms.